The summed E-state index contributed by atoms with van der Waals surface area (Å²) >= 11 is 1.82. The van der Waals surface area contributed by atoms with Crippen molar-refractivity contribution >= 4 is 24.9 Å². The molecule has 6 heteroatoms. The van der Waals surface area contributed by atoms with Gasteiger partial charge in [-0.25, -0.2) is 0 Å². The Bertz CT molecular complexity index is 345. The largest absolute Gasteiger partial charge is 0.478 e. The molecule has 1 unspecified atom stereocenters. The van der Waals surface area contributed by atoms with Crippen molar-refractivity contribution in [3.05, 3.63) is 22.4 Å². The molecule has 0 saturated carbocycles. The van der Waals surface area contributed by atoms with Gasteiger partial charge in [0.2, 0.25) is 6.41 Å². The van der Waals surface area contributed by atoms with Gasteiger partial charge in [-0.2, -0.15) is 0 Å². The van der Waals surface area contributed by atoms with Crippen molar-refractivity contribution < 1.29 is 14.5 Å². The second-order valence-electron chi connectivity index (χ2n) is 5.46. The van der Waals surface area contributed by atoms with Crippen molar-refractivity contribution in [2.45, 2.75) is 66.7 Å². The van der Waals surface area contributed by atoms with Gasteiger partial charge in [0.1, 0.15) is 0 Å². The minimum absolute atomic E-state index is 0.216. The Morgan fingerprint density at radius 2 is 2.09 bits per heavy atom. The van der Waals surface area contributed by atoms with Crippen LogP contribution in [0, 0.1) is 5.92 Å². The van der Waals surface area contributed by atoms with E-state index in [2.05, 4.69) is 50.5 Å². The number of carbonyl (C=O) groups is 1. The van der Waals surface area contributed by atoms with E-state index in [0.717, 1.165) is 18.8 Å². The molecule has 0 aromatic carbocycles. The van der Waals surface area contributed by atoms with E-state index in [0.29, 0.717) is 13.0 Å². The molecule has 4 nitrogen and oxygen atoms in total. The van der Waals surface area contributed by atoms with Gasteiger partial charge in [-0.15, -0.1) is 11.3 Å². The number of nitrogens with one attached hydrogen (secondary N) is 1. The summed E-state index contributed by atoms with van der Waals surface area (Å²) in [6, 6.07) is 4.24. The maximum absolute atomic E-state index is 9.94. The number of rotatable bonds is 3. The van der Waals surface area contributed by atoms with Crippen LogP contribution in [-0.2, 0) is 15.9 Å². The van der Waals surface area contributed by atoms with Gasteiger partial charge in [-0.3, -0.25) is 4.79 Å². The summed E-state index contributed by atoms with van der Waals surface area (Å²) in [5.41, 5.74) is 0. The molecule has 1 aromatic heterocycles. The Morgan fingerprint density at radius 1 is 1.48 bits per heavy atom. The van der Waals surface area contributed by atoms with Gasteiger partial charge in [0.05, 0.1) is 5.94 Å². The first-order valence-electron chi connectivity index (χ1n) is 8.53. The van der Waals surface area contributed by atoms with Crippen molar-refractivity contribution in [3.63, 3.8) is 0 Å². The third-order valence-electron chi connectivity index (χ3n) is 2.50. The van der Waals surface area contributed by atoms with Gasteiger partial charge in [0.15, 0.2) is 0 Å². The van der Waals surface area contributed by atoms with Gasteiger partial charge in [-0.1, -0.05) is 47.6 Å². The zero-order chi connectivity index (χ0) is 18.1. The Morgan fingerprint density at radius 3 is 2.43 bits per heavy atom. The minimum atomic E-state index is -0.820. The second kappa shape index (κ2) is 17.5. The SMILES string of the molecule is CC.CC(C)C.CCc1cccs1.O=CNC1CCCOB1O. The Balaban J connectivity index is 0. The van der Waals surface area contributed by atoms with Crippen LogP contribution in [0.2, 0.25) is 0 Å². The van der Waals surface area contributed by atoms with E-state index in [1.54, 1.807) is 0 Å². The lowest BCUT2D eigenvalue weighted by atomic mass is 9.74. The number of thiophene rings is 1. The third-order valence-corrected chi connectivity index (χ3v) is 3.52. The monoisotopic (exact) mass is 343 g/mol. The van der Waals surface area contributed by atoms with Gasteiger partial charge >= 0.3 is 7.12 Å². The molecule has 0 radical (unpaired) electrons. The Kier molecular flexibility index (Phi) is 18.6. The van der Waals surface area contributed by atoms with Gasteiger partial charge in [0, 0.05) is 11.5 Å². The lowest BCUT2D eigenvalue weighted by Crippen LogP contribution is -2.47. The average molecular weight is 343 g/mol. The fourth-order valence-corrected chi connectivity index (χ4v) is 2.19. The smallest absolute Gasteiger partial charge is 0.426 e. The van der Waals surface area contributed by atoms with E-state index < -0.39 is 7.12 Å². The second-order valence-corrected chi connectivity index (χ2v) is 6.49. The normalized spacial score (nSPS) is 16.0. The summed E-state index contributed by atoms with van der Waals surface area (Å²) < 4.78 is 4.88. The molecule has 0 spiro atoms. The molecule has 1 aromatic rings. The number of hydrogen-bond acceptors (Lipinski definition) is 4. The van der Waals surface area contributed by atoms with E-state index >= 15 is 0 Å². The summed E-state index contributed by atoms with van der Waals surface area (Å²) in [7, 11) is -0.820. The van der Waals surface area contributed by atoms with Crippen molar-refractivity contribution in [3.8, 4) is 0 Å². The molecule has 2 heterocycles. The molecular formula is C17H34BNO3S. The van der Waals surface area contributed by atoms with E-state index in [1.165, 1.54) is 11.3 Å². The molecular weight excluding hydrogens is 309 g/mol. The van der Waals surface area contributed by atoms with Gasteiger partial charge < -0.3 is 15.0 Å². The molecule has 1 saturated heterocycles. The summed E-state index contributed by atoms with van der Waals surface area (Å²) in [4.78, 5) is 11.4. The number of aryl methyl sites for hydroxylation is 1. The van der Waals surface area contributed by atoms with Crippen LogP contribution in [-0.4, -0.2) is 31.1 Å². The zero-order valence-corrected chi connectivity index (χ0v) is 16.4. The fraction of sp³-hybridized carbons (Fsp3) is 0.706. The number of amides is 1. The van der Waals surface area contributed by atoms with Gasteiger partial charge in [-0.05, 0) is 36.6 Å². The van der Waals surface area contributed by atoms with Crippen LogP contribution in [0.25, 0.3) is 0 Å². The molecule has 0 bridgehead atoms. The molecule has 134 valence electrons. The van der Waals surface area contributed by atoms with Crippen LogP contribution in [0.4, 0.5) is 0 Å². The third kappa shape index (κ3) is 15.8. The molecule has 1 fully saturated rings. The van der Waals surface area contributed by atoms with Crippen molar-refractivity contribution in [2.75, 3.05) is 6.61 Å². The number of hydrogen-bond donors (Lipinski definition) is 2. The molecule has 2 N–H and O–H groups in total. The van der Waals surface area contributed by atoms with Crippen molar-refractivity contribution in [2.24, 2.45) is 5.92 Å². The highest BCUT2D eigenvalue weighted by molar-refractivity contribution is 7.09. The summed E-state index contributed by atoms with van der Waals surface area (Å²) in [6.07, 6.45) is 3.45. The Hall–Kier alpha value is -0.845. The Labute approximate surface area is 146 Å². The van der Waals surface area contributed by atoms with Crippen LogP contribution in [0.15, 0.2) is 17.5 Å². The van der Waals surface area contributed by atoms with Crippen LogP contribution < -0.4 is 5.32 Å². The quantitative estimate of drug-likeness (QED) is 0.646. The lowest BCUT2D eigenvalue weighted by Gasteiger charge is -2.23. The molecule has 1 atom stereocenters. The molecule has 1 aliphatic rings. The van der Waals surface area contributed by atoms with Crippen LogP contribution in [0.1, 0.15) is 59.3 Å². The predicted octanol–water partition coefficient (Wildman–Crippen LogP) is 3.93. The molecule has 1 aliphatic heterocycles. The topological polar surface area (TPSA) is 58.6 Å². The fourth-order valence-electron chi connectivity index (χ4n) is 1.53. The van der Waals surface area contributed by atoms with Crippen LogP contribution in [0.5, 0.6) is 0 Å². The maximum Gasteiger partial charge on any atom is 0.478 e. The first kappa shape index (κ1) is 24.4. The predicted molar refractivity (Wildman–Crippen MR) is 102 cm³/mol. The highest BCUT2D eigenvalue weighted by Gasteiger charge is 2.29. The zero-order valence-electron chi connectivity index (χ0n) is 15.5. The van der Waals surface area contributed by atoms with Crippen molar-refractivity contribution in [1.82, 2.24) is 5.32 Å². The van der Waals surface area contributed by atoms with E-state index in [9.17, 15) is 4.79 Å². The highest BCUT2D eigenvalue weighted by Crippen LogP contribution is 2.08. The first-order chi connectivity index (χ1) is 11.0. The van der Waals surface area contributed by atoms with Gasteiger partial charge in [0.25, 0.3) is 0 Å². The summed E-state index contributed by atoms with van der Waals surface area (Å²) in [5, 5.41) is 13.6. The van der Waals surface area contributed by atoms with E-state index in [-0.39, 0.29) is 5.94 Å². The summed E-state index contributed by atoms with van der Waals surface area (Å²) in [5.74, 6) is 0.617. The maximum atomic E-state index is 9.94. The van der Waals surface area contributed by atoms with E-state index in [1.807, 2.05) is 25.2 Å². The standard InChI is InChI=1S/C6H8S.C5H10BNO3.C4H10.C2H6/c1-2-6-4-3-5-7-6;8-4-7-5-2-1-3-10-6(5)9;1-4(2)3;1-2/h3-5H,2H2,1H3;4-5,9H,1-3H2,(H,7,8);4H,1-3H3;1-2H3. The lowest BCUT2D eigenvalue weighted by molar-refractivity contribution is -0.110. The molecule has 2 rings (SSSR count). The highest BCUT2D eigenvalue weighted by atomic mass is 32.1. The van der Waals surface area contributed by atoms with E-state index in [4.69, 9.17) is 9.68 Å². The van der Waals surface area contributed by atoms with Crippen LogP contribution >= 0.6 is 11.3 Å². The van der Waals surface area contributed by atoms with Crippen molar-refractivity contribution in [1.29, 1.82) is 0 Å². The molecule has 1 amide bonds. The number of carbonyl (C=O) groups excluding carboxylic acids is 1. The van der Waals surface area contributed by atoms with Crippen LogP contribution in [0.3, 0.4) is 0 Å². The summed E-state index contributed by atoms with van der Waals surface area (Å²) in [6.45, 7) is 13.3. The first-order valence-corrected chi connectivity index (χ1v) is 9.40. The molecule has 23 heavy (non-hydrogen) atoms. The minimum Gasteiger partial charge on any atom is -0.426 e. The average Bonchev–Trinajstić information content (AvgIpc) is 3.05. The molecule has 0 aliphatic carbocycles.